The van der Waals surface area contributed by atoms with Gasteiger partial charge in [0.25, 0.3) is 5.91 Å². The van der Waals surface area contributed by atoms with Crippen molar-refractivity contribution in [3.05, 3.63) is 59.9 Å². The van der Waals surface area contributed by atoms with Gasteiger partial charge in [0.1, 0.15) is 11.6 Å². The smallest absolute Gasteiger partial charge is 0.253 e. The van der Waals surface area contributed by atoms with E-state index in [1.165, 1.54) is 24.3 Å². The van der Waals surface area contributed by atoms with Crippen LogP contribution in [-0.4, -0.2) is 43.0 Å². The molecule has 7 heteroatoms. The molecular weight excluding hydrogens is 397 g/mol. The van der Waals surface area contributed by atoms with Crippen molar-refractivity contribution < 1.29 is 18.7 Å². The quantitative estimate of drug-likeness (QED) is 0.674. The highest BCUT2D eigenvalue weighted by Crippen LogP contribution is 2.26. The van der Waals surface area contributed by atoms with E-state index in [0.29, 0.717) is 49.5 Å². The van der Waals surface area contributed by atoms with Crippen molar-refractivity contribution in [1.82, 2.24) is 4.90 Å². The second-order valence-corrected chi connectivity index (χ2v) is 7.42. The zero-order chi connectivity index (χ0) is 22.2. The average molecular weight is 423 g/mol. The average Bonchev–Trinajstić information content (AvgIpc) is 2.80. The van der Waals surface area contributed by atoms with Crippen LogP contribution in [0.1, 0.15) is 36.5 Å². The Labute approximate surface area is 181 Å². The lowest BCUT2D eigenvalue weighted by molar-refractivity contribution is -0.123. The highest BCUT2D eigenvalue weighted by atomic mass is 19.1. The Balaban J connectivity index is 1.74. The number of piperidine rings is 1. The summed E-state index contributed by atoms with van der Waals surface area (Å²) in [6, 6.07) is 14.8. The van der Waals surface area contributed by atoms with Crippen LogP contribution in [0, 0.1) is 23.1 Å². The molecule has 0 saturated carbocycles. The molecule has 0 spiro atoms. The van der Waals surface area contributed by atoms with E-state index in [4.69, 9.17) is 10.00 Å². The summed E-state index contributed by atoms with van der Waals surface area (Å²) >= 11 is 0. The van der Waals surface area contributed by atoms with Crippen LogP contribution in [0.3, 0.4) is 0 Å². The van der Waals surface area contributed by atoms with E-state index in [1.807, 2.05) is 19.1 Å². The van der Waals surface area contributed by atoms with Crippen molar-refractivity contribution in [3.63, 3.8) is 0 Å². The van der Waals surface area contributed by atoms with Crippen molar-refractivity contribution in [2.45, 2.75) is 26.2 Å². The highest BCUT2D eigenvalue weighted by molar-refractivity contribution is 5.97. The second kappa shape index (κ2) is 10.6. The fourth-order valence-electron chi connectivity index (χ4n) is 3.78. The molecule has 1 unspecified atom stereocenters. The first-order valence-electron chi connectivity index (χ1n) is 10.5. The summed E-state index contributed by atoms with van der Waals surface area (Å²) in [5.41, 5.74) is 1.10. The van der Waals surface area contributed by atoms with Gasteiger partial charge < -0.3 is 14.5 Å². The van der Waals surface area contributed by atoms with E-state index >= 15 is 0 Å². The molecule has 0 N–H and O–H groups in total. The van der Waals surface area contributed by atoms with E-state index in [0.717, 1.165) is 0 Å². The molecule has 3 rings (SSSR count). The molecule has 2 aromatic carbocycles. The van der Waals surface area contributed by atoms with Gasteiger partial charge in [0, 0.05) is 30.9 Å². The van der Waals surface area contributed by atoms with E-state index in [-0.39, 0.29) is 30.7 Å². The summed E-state index contributed by atoms with van der Waals surface area (Å²) in [5.74, 6) is -0.346. The maximum absolute atomic E-state index is 13.4. The highest BCUT2D eigenvalue weighted by Gasteiger charge is 2.32. The Hall–Kier alpha value is -3.40. The predicted molar refractivity (Wildman–Crippen MR) is 115 cm³/mol. The number of halogens is 1. The summed E-state index contributed by atoms with van der Waals surface area (Å²) in [6.45, 7) is 3.59. The number of ether oxygens (including phenoxy) is 1. The Morgan fingerprint density at radius 1 is 1.19 bits per heavy atom. The first-order valence-corrected chi connectivity index (χ1v) is 10.5. The van der Waals surface area contributed by atoms with Crippen LogP contribution in [0.4, 0.5) is 10.1 Å². The predicted octanol–water partition coefficient (Wildman–Crippen LogP) is 4.02. The second-order valence-electron chi connectivity index (χ2n) is 7.42. The SMILES string of the molecule is CCOc1ccc(N(CCC#N)C(=O)C2CCCN(C(=O)c3ccc(F)cc3)C2)cc1. The van der Waals surface area contributed by atoms with E-state index in [9.17, 15) is 14.0 Å². The van der Waals surface area contributed by atoms with Crippen LogP contribution in [0.5, 0.6) is 5.75 Å². The van der Waals surface area contributed by atoms with Gasteiger partial charge in [-0.05, 0) is 68.3 Å². The number of anilines is 1. The molecule has 1 heterocycles. The fourth-order valence-corrected chi connectivity index (χ4v) is 3.78. The molecule has 31 heavy (non-hydrogen) atoms. The van der Waals surface area contributed by atoms with E-state index in [1.54, 1.807) is 21.9 Å². The van der Waals surface area contributed by atoms with Crippen LogP contribution in [0.25, 0.3) is 0 Å². The number of carbonyl (C=O) groups excluding carboxylic acids is 2. The van der Waals surface area contributed by atoms with E-state index < -0.39 is 5.82 Å². The number of likely N-dealkylation sites (tertiary alicyclic amines) is 1. The van der Waals surface area contributed by atoms with Crippen LogP contribution in [0.15, 0.2) is 48.5 Å². The molecule has 0 bridgehead atoms. The Bertz CT molecular complexity index is 938. The Morgan fingerprint density at radius 2 is 1.90 bits per heavy atom. The van der Waals surface area contributed by atoms with Crippen LogP contribution < -0.4 is 9.64 Å². The zero-order valence-corrected chi connectivity index (χ0v) is 17.6. The maximum Gasteiger partial charge on any atom is 0.253 e. The summed E-state index contributed by atoms with van der Waals surface area (Å²) in [5, 5.41) is 9.04. The largest absolute Gasteiger partial charge is 0.494 e. The van der Waals surface area contributed by atoms with Crippen molar-refractivity contribution in [2.24, 2.45) is 5.92 Å². The molecule has 6 nitrogen and oxygen atoms in total. The normalized spacial score (nSPS) is 15.8. The number of nitriles is 1. The number of hydrogen-bond acceptors (Lipinski definition) is 4. The molecule has 1 fully saturated rings. The Morgan fingerprint density at radius 3 is 2.55 bits per heavy atom. The third kappa shape index (κ3) is 5.60. The van der Waals surface area contributed by atoms with Gasteiger partial charge in [0.05, 0.1) is 25.0 Å². The third-order valence-electron chi connectivity index (χ3n) is 5.32. The molecule has 0 aliphatic carbocycles. The molecule has 1 atom stereocenters. The lowest BCUT2D eigenvalue weighted by atomic mass is 9.95. The summed E-state index contributed by atoms with van der Waals surface area (Å²) in [6.07, 6.45) is 1.59. The number of rotatable bonds is 7. The first kappa shape index (κ1) is 22.3. The topological polar surface area (TPSA) is 73.6 Å². The minimum absolute atomic E-state index is 0.101. The van der Waals surface area contributed by atoms with Crippen LogP contribution >= 0.6 is 0 Å². The van der Waals surface area contributed by atoms with Gasteiger partial charge >= 0.3 is 0 Å². The minimum atomic E-state index is -0.397. The molecule has 2 amide bonds. The number of carbonyl (C=O) groups is 2. The monoisotopic (exact) mass is 423 g/mol. The van der Waals surface area contributed by atoms with Gasteiger partial charge in [-0.1, -0.05) is 0 Å². The summed E-state index contributed by atoms with van der Waals surface area (Å²) in [4.78, 5) is 29.4. The third-order valence-corrected chi connectivity index (χ3v) is 5.32. The van der Waals surface area contributed by atoms with Gasteiger partial charge in [-0.25, -0.2) is 4.39 Å². The Kier molecular flexibility index (Phi) is 7.60. The van der Waals surface area contributed by atoms with Crippen molar-refractivity contribution >= 4 is 17.5 Å². The number of benzene rings is 2. The molecule has 1 aliphatic heterocycles. The van der Waals surface area contributed by atoms with Crippen molar-refractivity contribution in [2.75, 3.05) is 31.1 Å². The van der Waals surface area contributed by atoms with Crippen LogP contribution in [-0.2, 0) is 4.79 Å². The first-order chi connectivity index (χ1) is 15.0. The lowest BCUT2D eigenvalue weighted by Crippen LogP contribution is -2.47. The number of hydrogen-bond donors (Lipinski definition) is 0. The molecule has 1 saturated heterocycles. The van der Waals surface area contributed by atoms with Crippen molar-refractivity contribution in [3.8, 4) is 11.8 Å². The van der Waals surface area contributed by atoms with Gasteiger partial charge in [0.15, 0.2) is 0 Å². The lowest BCUT2D eigenvalue weighted by Gasteiger charge is -2.35. The molecule has 2 aromatic rings. The summed E-state index contributed by atoms with van der Waals surface area (Å²) < 4.78 is 18.6. The molecule has 162 valence electrons. The maximum atomic E-state index is 13.4. The van der Waals surface area contributed by atoms with E-state index in [2.05, 4.69) is 6.07 Å². The standard InChI is InChI=1S/C24H26FN3O3/c1-2-31-22-12-10-21(11-13-22)28(16-4-14-26)24(30)19-5-3-15-27(17-19)23(29)18-6-8-20(25)9-7-18/h6-13,19H,2-5,15-17H2,1H3. The molecule has 0 radical (unpaired) electrons. The minimum Gasteiger partial charge on any atom is -0.494 e. The van der Waals surface area contributed by atoms with Gasteiger partial charge in [-0.15, -0.1) is 0 Å². The number of nitrogens with zero attached hydrogens (tertiary/aromatic N) is 3. The molecular formula is C24H26FN3O3. The zero-order valence-electron chi connectivity index (χ0n) is 17.6. The van der Waals surface area contributed by atoms with Crippen molar-refractivity contribution in [1.29, 1.82) is 5.26 Å². The summed E-state index contributed by atoms with van der Waals surface area (Å²) in [7, 11) is 0. The number of amides is 2. The van der Waals surface area contributed by atoms with Gasteiger partial charge in [-0.2, -0.15) is 5.26 Å². The van der Waals surface area contributed by atoms with Gasteiger partial charge in [0.2, 0.25) is 5.91 Å². The molecule has 1 aliphatic rings. The fraction of sp³-hybridized carbons (Fsp3) is 0.375. The molecule has 0 aromatic heterocycles. The van der Waals surface area contributed by atoms with Gasteiger partial charge in [-0.3, -0.25) is 9.59 Å². The van der Waals surface area contributed by atoms with Crippen LogP contribution in [0.2, 0.25) is 0 Å².